The Bertz CT molecular complexity index is 923. The number of aromatic nitrogens is 1. The van der Waals surface area contributed by atoms with Crippen LogP contribution < -0.4 is 10.6 Å². The fourth-order valence-electron chi connectivity index (χ4n) is 2.57. The minimum absolute atomic E-state index is 0.100. The Hall–Kier alpha value is -3.47. The zero-order valence-corrected chi connectivity index (χ0v) is 14.4. The van der Waals surface area contributed by atoms with E-state index in [-0.39, 0.29) is 11.8 Å². The van der Waals surface area contributed by atoms with Crippen LogP contribution in [0.25, 0.3) is 0 Å². The smallest absolute Gasteiger partial charge is 0.255 e. The number of pyridine rings is 1. The van der Waals surface area contributed by atoms with E-state index in [9.17, 15) is 9.59 Å². The molecular formula is C21H19N3O2. The molecule has 0 atom stereocenters. The van der Waals surface area contributed by atoms with Crippen molar-refractivity contribution in [3.8, 4) is 0 Å². The first-order valence-corrected chi connectivity index (χ1v) is 8.27. The number of amides is 2. The van der Waals surface area contributed by atoms with Gasteiger partial charge >= 0.3 is 0 Å². The van der Waals surface area contributed by atoms with Gasteiger partial charge in [-0.05, 0) is 48.4 Å². The van der Waals surface area contributed by atoms with Gasteiger partial charge in [0.15, 0.2) is 0 Å². The van der Waals surface area contributed by atoms with Crippen molar-refractivity contribution in [2.45, 2.75) is 13.3 Å². The second-order valence-electron chi connectivity index (χ2n) is 5.92. The second kappa shape index (κ2) is 8.07. The average Bonchev–Trinajstić information content (AvgIpc) is 2.64. The van der Waals surface area contributed by atoms with Gasteiger partial charge in [0.25, 0.3) is 5.91 Å². The van der Waals surface area contributed by atoms with Crippen molar-refractivity contribution in [1.29, 1.82) is 0 Å². The summed E-state index contributed by atoms with van der Waals surface area (Å²) in [5.74, 6) is -0.326. The lowest BCUT2D eigenvalue weighted by atomic mass is 10.1. The molecule has 0 aliphatic carbocycles. The lowest BCUT2D eigenvalue weighted by molar-refractivity contribution is -0.115. The third-order valence-electron chi connectivity index (χ3n) is 3.96. The van der Waals surface area contributed by atoms with E-state index in [2.05, 4.69) is 15.6 Å². The van der Waals surface area contributed by atoms with Crippen LogP contribution in [0, 0.1) is 6.92 Å². The van der Waals surface area contributed by atoms with Crippen LogP contribution in [-0.2, 0) is 11.2 Å². The van der Waals surface area contributed by atoms with Gasteiger partial charge in [0, 0.05) is 29.3 Å². The molecule has 2 aromatic carbocycles. The molecule has 5 nitrogen and oxygen atoms in total. The molecule has 0 saturated heterocycles. The number of anilines is 2. The molecule has 2 amide bonds. The molecule has 0 unspecified atom stereocenters. The Morgan fingerprint density at radius 3 is 2.31 bits per heavy atom. The summed E-state index contributed by atoms with van der Waals surface area (Å²) >= 11 is 0. The maximum atomic E-state index is 12.3. The first kappa shape index (κ1) is 17.4. The summed E-state index contributed by atoms with van der Waals surface area (Å²) in [5.41, 5.74) is 3.85. The van der Waals surface area contributed by atoms with E-state index in [0.29, 0.717) is 23.4 Å². The van der Waals surface area contributed by atoms with E-state index in [1.54, 1.807) is 48.8 Å². The topological polar surface area (TPSA) is 71.1 Å². The number of benzene rings is 2. The van der Waals surface area contributed by atoms with Crippen molar-refractivity contribution in [1.82, 2.24) is 4.98 Å². The SMILES string of the molecule is Cc1ccccc1CC(=O)Nc1cccc(NC(=O)c2ccncc2)c1. The molecule has 3 aromatic rings. The Morgan fingerprint density at radius 1 is 0.885 bits per heavy atom. The van der Waals surface area contributed by atoms with E-state index in [1.807, 2.05) is 31.2 Å². The molecule has 0 bridgehead atoms. The number of hydrogen-bond acceptors (Lipinski definition) is 3. The molecule has 1 aromatic heterocycles. The van der Waals surface area contributed by atoms with Crippen molar-refractivity contribution >= 4 is 23.2 Å². The minimum atomic E-state index is -0.226. The van der Waals surface area contributed by atoms with Gasteiger partial charge in [0.2, 0.25) is 5.91 Å². The molecule has 0 radical (unpaired) electrons. The highest BCUT2D eigenvalue weighted by Gasteiger charge is 2.08. The van der Waals surface area contributed by atoms with Crippen molar-refractivity contribution in [3.05, 3.63) is 89.7 Å². The van der Waals surface area contributed by atoms with Crippen molar-refractivity contribution in [3.63, 3.8) is 0 Å². The first-order valence-electron chi connectivity index (χ1n) is 8.27. The third-order valence-corrected chi connectivity index (χ3v) is 3.96. The molecule has 0 fully saturated rings. The number of carbonyl (C=O) groups is 2. The Morgan fingerprint density at radius 2 is 1.58 bits per heavy atom. The Labute approximate surface area is 152 Å². The largest absolute Gasteiger partial charge is 0.326 e. The van der Waals surface area contributed by atoms with Gasteiger partial charge in [-0.3, -0.25) is 14.6 Å². The molecule has 5 heteroatoms. The summed E-state index contributed by atoms with van der Waals surface area (Å²) in [6, 6.07) is 18.2. The molecule has 26 heavy (non-hydrogen) atoms. The maximum Gasteiger partial charge on any atom is 0.255 e. The summed E-state index contributed by atoms with van der Waals surface area (Å²) in [6.07, 6.45) is 3.44. The summed E-state index contributed by atoms with van der Waals surface area (Å²) in [6.45, 7) is 1.98. The highest BCUT2D eigenvalue weighted by atomic mass is 16.2. The minimum Gasteiger partial charge on any atom is -0.326 e. The standard InChI is InChI=1S/C21H19N3O2/c1-15-5-2-3-6-17(15)13-20(25)23-18-7-4-8-19(14-18)24-21(26)16-9-11-22-12-10-16/h2-12,14H,13H2,1H3,(H,23,25)(H,24,26). The predicted octanol–water partition coefficient (Wildman–Crippen LogP) is 3.82. The monoisotopic (exact) mass is 345 g/mol. The Balaban J connectivity index is 1.65. The van der Waals surface area contributed by atoms with Crippen LogP contribution in [0.15, 0.2) is 73.1 Å². The second-order valence-corrected chi connectivity index (χ2v) is 5.92. The summed E-state index contributed by atoms with van der Waals surface area (Å²) < 4.78 is 0. The lowest BCUT2D eigenvalue weighted by Crippen LogP contribution is -2.16. The third kappa shape index (κ3) is 4.54. The highest BCUT2D eigenvalue weighted by molar-refractivity contribution is 6.04. The summed E-state index contributed by atoms with van der Waals surface area (Å²) in [4.78, 5) is 28.4. The van der Waals surface area contributed by atoms with Crippen LogP contribution in [0.3, 0.4) is 0 Å². The van der Waals surface area contributed by atoms with Crippen LogP contribution >= 0.6 is 0 Å². The molecule has 0 aliphatic rings. The van der Waals surface area contributed by atoms with E-state index in [1.165, 1.54) is 0 Å². The number of nitrogens with one attached hydrogen (secondary N) is 2. The van der Waals surface area contributed by atoms with Crippen LogP contribution in [0.4, 0.5) is 11.4 Å². The van der Waals surface area contributed by atoms with Gasteiger partial charge in [-0.25, -0.2) is 0 Å². The van der Waals surface area contributed by atoms with E-state index in [4.69, 9.17) is 0 Å². The molecule has 3 rings (SSSR count). The predicted molar refractivity (Wildman–Crippen MR) is 102 cm³/mol. The molecular weight excluding hydrogens is 326 g/mol. The van der Waals surface area contributed by atoms with E-state index >= 15 is 0 Å². The molecule has 0 saturated carbocycles. The first-order chi connectivity index (χ1) is 12.6. The summed E-state index contributed by atoms with van der Waals surface area (Å²) in [7, 11) is 0. The Kier molecular flexibility index (Phi) is 5.39. The van der Waals surface area contributed by atoms with Crippen LogP contribution in [0.5, 0.6) is 0 Å². The fraction of sp³-hybridized carbons (Fsp3) is 0.0952. The molecule has 1 heterocycles. The fourth-order valence-corrected chi connectivity index (χ4v) is 2.57. The number of hydrogen-bond donors (Lipinski definition) is 2. The zero-order chi connectivity index (χ0) is 18.4. The molecule has 2 N–H and O–H groups in total. The number of aryl methyl sites for hydroxylation is 1. The van der Waals surface area contributed by atoms with Gasteiger partial charge in [0.1, 0.15) is 0 Å². The van der Waals surface area contributed by atoms with Gasteiger partial charge in [-0.1, -0.05) is 30.3 Å². The highest BCUT2D eigenvalue weighted by Crippen LogP contribution is 2.17. The molecule has 0 spiro atoms. The van der Waals surface area contributed by atoms with Gasteiger partial charge in [-0.2, -0.15) is 0 Å². The van der Waals surface area contributed by atoms with Crippen LogP contribution in [-0.4, -0.2) is 16.8 Å². The van der Waals surface area contributed by atoms with Crippen LogP contribution in [0.2, 0.25) is 0 Å². The quantitative estimate of drug-likeness (QED) is 0.738. The normalized spacial score (nSPS) is 10.2. The van der Waals surface area contributed by atoms with Crippen LogP contribution in [0.1, 0.15) is 21.5 Å². The number of nitrogens with zero attached hydrogens (tertiary/aromatic N) is 1. The molecule has 0 aliphatic heterocycles. The van der Waals surface area contributed by atoms with Crippen molar-refractivity contribution in [2.24, 2.45) is 0 Å². The number of rotatable bonds is 5. The van der Waals surface area contributed by atoms with Gasteiger partial charge in [0.05, 0.1) is 6.42 Å². The van der Waals surface area contributed by atoms with Gasteiger partial charge < -0.3 is 10.6 Å². The molecule has 130 valence electrons. The zero-order valence-electron chi connectivity index (χ0n) is 14.4. The van der Waals surface area contributed by atoms with Crippen molar-refractivity contribution in [2.75, 3.05) is 10.6 Å². The summed E-state index contributed by atoms with van der Waals surface area (Å²) in [5, 5.41) is 5.68. The van der Waals surface area contributed by atoms with Crippen molar-refractivity contribution < 1.29 is 9.59 Å². The van der Waals surface area contributed by atoms with Gasteiger partial charge in [-0.15, -0.1) is 0 Å². The van der Waals surface area contributed by atoms with E-state index in [0.717, 1.165) is 11.1 Å². The van der Waals surface area contributed by atoms with E-state index < -0.39 is 0 Å². The number of carbonyl (C=O) groups excluding carboxylic acids is 2. The lowest BCUT2D eigenvalue weighted by Gasteiger charge is -2.10. The average molecular weight is 345 g/mol. The maximum absolute atomic E-state index is 12.3.